The molecule has 4 nitrogen and oxygen atoms in total. The SMILES string of the molecule is O=C(CCc1ccccc1Cl)N1CCN(C(=O)c2ccc(C(F)(F)F)cc2)CC1. The van der Waals surface area contributed by atoms with Gasteiger partial charge in [0.15, 0.2) is 0 Å². The highest BCUT2D eigenvalue weighted by Crippen LogP contribution is 2.29. The third-order valence-corrected chi connectivity index (χ3v) is 5.31. The number of amides is 2. The van der Waals surface area contributed by atoms with Gasteiger partial charge in [0, 0.05) is 43.2 Å². The molecule has 1 saturated heterocycles. The van der Waals surface area contributed by atoms with Gasteiger partial charge in [-0.3, -0.25) is 9.59 Å². The Hall–Kier alpha value is -2.54. The van der Waals surface area contributed by atoms with Gasteiger partial charge in [0.2, 0.25) is 5.91 Å². The second kappa shape index (κ2) is 8.86. The molecule has 0 aliphatic carbocycles. The monoisotopic (exact) mass is 424 g/mol. The summed E-state index contributed by atoms with van der Waals surface area (Å²) in [5.41, 5.74) is 0.332. The minimum absolute atomic E-state index is 0.00783. The van der Waals surface area contributed by atoms with E-state index in [1.54, 1.807) is 15.9 Å². The third-order valence-electron chi connectivity index (χ3n) is 4.94. The fourth-order valence-electron chi connectivity index (χ4n) is 3.24. The van der Waals surface area contributed by atoms with Gasteiger partial charge in [-0.15, -0.1) is 0 Å². The molecule has 0 N–H and O–H groups in total. The second-order valence-corrected chi connectivity index (χ2v) is 7.25. The van der Waals surface area contributed by atoms with Gasteiger partial charge >= 0.3 is 6.18 Å². The molecule has 2 aromatic rings. The molecule has 1 aliphatic rings. The molecule has 3 rings (SSSR count). The van der Waals surface area contributed by atoms with Crippen LogP contribution < -0.4 is 0 Å². The summed E-state index contributed by atoms with van der Waals surface area (Å²) in [5.74, 6) is -0.339. The van der Waals surface area contributed by atoms with Crippen LogP contribution in [-0.4, -0.2) is 47.8 Å². The average molecular weight is 425 g/mol. The molecule has 0 unspecified atom stereocenters. The predicted molar refractivity (Wildman–Crippen MR) is 104 cm³/mol. The zero-order valence-corrected chi connectivity index (χ0v) is 16.3. The molecule has 0 radical (unpaired) electrons. The number of hydrogen-bond acceptors (Lipinski definition) is 2. The van der Waals surface area contributed by atoms with Gasteiger partial charge in [-0.1, -0.05) is 29.8 Å². The molecular weight excluding hydrogens is 405 g/mol. The molecule has 8 heteroatoms. The molecule has 2 amide bonds. The lowest BCUT2D eigenvalue weighted by Gasteiger charge is -2.35. The molecule has 2 aromatic carbocycles. The predicted octanol–water partition coefficient (Wildman–Crippen LogP) is 4.28. The van der Waals surface area contributed by atoms with Crippen LogP contribution in [0.15, 0.2) is 48.5 Å². The number of aryl methyl sites for hydroxylation is 1. The van der Waals surface area contributed by atoms with Crippen LogP contribution in [0.5, 0.6) is 0 Å². The van der Waals surface area contributed by atoms with Crippen LogP contribution in [0.4, 0.5) is 13.2 Å². The van der Waals surface area contributed by atoms with E-state index in [4.69, 9.17) is 11.6 Å². The quantitative estimate of drug-likeness (QED) is 0.735. The van der Waals surface area contributed by atoms with E-state index in [0.717, 1.165) is 17.7 Å². The van der Waals surface area contributed by atoms with Crippen molar-refractivity contribution in [1.29, 1.82) is 0 Å². The lowest BCUT2D eigenvalue weighted by molar-refractivity contribution is -0.137. The number of piperazine rings is 1. The summed E-state index contributed by atoms with van der Waals surface area (Å²) in [6.07, 6.45) is -3.56. The van der Waals surface area contributed by atoms with Gasteiger partial charge in [0.05, 0.1) is 5.56 Å². The molecule has 0 aromatic heterocycles. The second-order valence-electron chi connectivity index (χ2n) is 6.84. The Morgan fingerprint density at radius 1 is 0.897 bits per heavy atom. The Balaban J connectivity index is 1.51. The van der Waals surface area contributed by atoms with Crippen LogP contribution in [-0.2, 0) is 17.4 Å². The maximum Gasteiger partial charge on any atom is 0.416 e. The van der Waals surface area contributed by atoms with Crippen LogP contribution >= 0.6 is 11.6 Å². The standard InChI is InChI=1S/C21H20ClF3N2O2/c22-18-4-2-1-3-15(18)7-10-19(28)26-11-13-27(14-12-26)20(29)16-5-8-17(9-6-16)21(23,24)25/h1-6,8-9H,7,10-14H2. The van der Waals surface area contributed by atoms with Crippen molar-refractivity contribution in [2.45, 2.75) is 19.0 Å². The van der Waals surface area contributed by atoms with E-state index in [2.05, 4.69) is 0 Å². The summed E-state index contributed by atoms with van der Waals surface area (Å²) < 4.78 is 37.9. The molecule has 29 heavy (non-hydrogen) atoms. The molecule has 1 heterocycles. The van der Waals surface area contributed by atoms with Gasteiger partial charge in [0.1, 0.15) is 0 Å². The van der Waals surface area contributed by atoms with Crippen molar-refractivity contribution in [1.82, 2.24) is 9.80 Å². The molecule has 0 bridgehead atoms. The number of nitrogens with zero attached hydrogens (tertiary/aromatic N) is 2. The van der Waals surface area contributed by atoms with Crippen molar-refractivity contribution in [3.05, 3.63) is 70.2 Å². The third kappa shape index (κ3) is 5.29. The topological polar surface area (TPSA) is 40.6 Å². The lowest BCUT2D eigenvalue weighted by atomic mass is 10.1. The highest BCUT2D eigenvalue weighted by Gasteiger charge is 2.31. The first-order chi connectivity index (χ1) is 13.8. The zero-order chi connectivity index (χ0) is 21.0. The summed E-state index contributed by atoms with van der Waals surface area (Å²) in [5, 5.41) is 0.632. The van der Waals surface area contributed by atoms with Gasteiger partial charge in [-0.2, -0.15) is 13.2 Å². The van der Waals surface area contributed by atoms with Gasteiger partial charge in [-0.25, -0.2) is 0 Å². The Labute approximate surface area is 171 Å². The molecule has 0 saturated carbocycles. The van der Waals surface area contributed by atoms with E-state index in [9.17, 15) is 22.8 Å². The van der Waals surface area contributed by atoms with Crippen molar-refractivity contribution in [2.24, 2.45) is 0 Å². The minimum atomic E-state index is -4.43. The van der Waals surface area contributed by atoms with Crippen LogP contribution in [0.25, 0.3) is 0 Å². The van der Waals surface area contributed by atoms with Crippen LogP contribution in [0.3, 0.4) is 0 Å². The fourth-order valence-corrected chi connectivity index (χ4v) is 3.47. The summed E-state index contributed by atoms with van der Waals surface area (Å²) in [4.78, 5) is 28.2. The minimum Gasteiger partial charge on any atom is -0.339 e. The van der Waals surface area contributed by atoms with E-state index in [1.165, 1.54) is 12.1 Å². The van der Waals surface area contributed by atoms with Crippen molar-refractivity contribution in [3.63, 3.8) is 0 Å². The van der Waals surface area contributed by atoms with Crippen molar-refractivity contribution >= 4 is 23.4 Å². The number of alkyl halides is 3. The summed E-state index contributed by atoms with van der Waals surface area (Å²) in [7, 11) is 0. The number of carbonyl (C=O) groups is 2. The maximum absolute atomic E-state index is 12.6. The average Bonchev–Trinajstić information content (AvgIpc) is 2.72. The summed E-state index contributed by atoms with van der Waals surface area (Å²) in [6.45, 7) is 1.48. The Morgan fingerprint density at radius 3 is 2.07 bits per heavy atom. The normalized spacial score (nSPS) is 14.8. The van der Waals surface area contributed by atoms with Crippen LogP contribution in [0, 0.1) is 0 Å². The first-order valence-electron chi connectivity index (χ1n) is 9.23. The van der Waals surface area contributed by atoms with E-state index in [-0.39, 0.29) is 17.4 Å². The van der Waals surface area contributed by atoms with Crippen molar-refractivity contribution in [2.75, 3.05) is 26.2 Å². The van der Waals surface area contributed by atoms with E-state index in [1.807, 2.05) is 18.2 Å². The molecular formula is C21H20ClF3N2O2. The number of rotatable bonds is 4. The first kappa shape index (κ1) is 21.2. The van der Waals surface area contributed by atoms with E-state index >= 15 is 0 Å². The largest absolute Gasteiger partial charge is 0.416 e. The molecule has 0 atom stereocenters. The van der Waals surface area contributed by atoms with Crippen LogP contribution in [0.1, 0.15) is 27.9 Å². The van der Waals surface area contributed by atoms with Gasteiger partial charge in [0.25, 0.3) is 5.91 Å². The van der Waals surface area contributed by atoms with Gasteiger partial charge in [-0.05, 0) is 42.3 Å². The molecule has 154 valence electrons. The Kier molecular flexibility index (Phi) is 6.47. The molecule has 1 aliphatic heterocycles. The van der Waals surface area contributed by atoms with Gasteiger partial charge < -0.3 is 9.80 Å². The van der Waals surface area contributed by atoms with Crippen molar-refractivity contribution < 1.29 is 22.8 Å². The summed E-state index contributed by atoms with van der Waals surface area (Å²) >= 11 is 6.11. The number of carbonyl (C=O) groups excluding carboxylic acids is 2. The smallest absolute Gasteiger partial charge is 0.339 e. The maximum atomic E-state index is 12.6. The summed E-state index contributed by atoms with van der Waals surface area (Å²) in [6, 6.07) is 11.6. The lowest BCUT2D eigenvalue weighted by Crippen LogP contribution is -2.50. The van der Waals surface area contributed by atoms with E-state index < -0.39 is 11.7 Å². The van der Waals surface area contributed by atoms with E-state index in [0.29, 0.717) is 44.0 Å². The highest BCUT2D eigenvalue weighted by molar-refractivity contribution is 6.31. The number of hydrogen-bond donors (Lipinski definition) is 0. The Bertz CT molecular complexity index is 876. The Morgan fingerprint density at radius 2 is 1.48 bits per heavy atom. The number of halogens is 4. The first-order valence-corrected chi connectivity index (χ1v) is 9.61. The van der Waals surface area contributed by atoms with Crippen molar-refractivity contribution in [3.8, 4) is 0 Å². The highest BCUT2D eigenvalue weighted by atomic mass is 35.5. The molecule has 0 spiro atoms. The number of benzene rings is 2. The van der Waals surface area contributed by atoms with Crippen LogP contribution in [0.2, 0.25) is 5.02 Å². The zero-order valence-electron chi connectivity index (χ0n) is 15.6. The fraction of sp³-hybridized carbons (Fsp3) is 0.333. The molecule has 1 fully saturated rings.